The molecule has 8 nitrogen and oxygen atoms in total. The number of benzene rings is 1. The van der Waals surface area contributed by atoms with Gasteiger partial charge in [-0.3, -0.25) is 10.1 Å². The Bertz CT molecular complexity index is 1350. The maximum Gasteiger partial charge on any atom is 0.416 e. The lowest BCUT2D eigenvalue weighted by molar-refractivity contribution is -0.137. The lowest BCUT2D eigenvalue weighted by Crippen LogP contribution is -2.18. The van der Waals surface area contributed by atoms with Gasteiger partial charge in [0, 0.05) is 5.69 Å². The SMILES string of the molecule is COC(=O)c1c(C)[nH]c(C(=O)Nc2nc3cc(C(F)(F)F)ccc3n2Cc2ccco2)c1C. The van der Waals surface area contributed by atoms with E-state index in [1.165, 1.54) is 19.4 Å². The first-order valence-electron chi connectivity index (χ1n) is 9.78. The molecule has 33 heavy (non-hydrogen) atoms. The number of nitrogens with zero attached hydrogens (tertiary/aromatic N) is 2. The van der Waals surface area contributed by atoms with Crippen molar-refractivity contribution >= 4 is 28.9 Å². The van der Waals surface area contributed by atoms with Crippen LogP contribution in [0, 0.1) is 13.8 Å². The zero-order valence-corrected chi connectivity index (χ0v) is 17.8. The third-order valence-corrected chi connectivity index (χ3v) is 5.25. The van der Waals surface area contributed by atoms with Gasteiger partial charge < -0.3 is 18.7 Å². The summed E-state index contributed by atoms with van der Waals surface area (Å²) in [5.74, 6) is -0.663. The zero-order valence-electron chi connectivity index (χ0n) is 17.8. The Kier molecular flexibility index (Phi) is 5.48. The number of imidazole rings is 1. The lowest BCUT2D eigenvalue weighted by atomic mass is 10.1. The van der Waals surface area contributed by atoms with Crippen molar-refractivity contribution in [2.75, 3.05) is 12.4 Å². The number of aromatic amines is 1. The third-order valence-electron chi connectivity index (χ3n) is 5.25. The number of carbonyl (C=O) groups excluding carboxylic acids is 2. The second kappa shape index (κ2) is 8.15. The van der Waals surface area contributed by atoms with Crippen molar-refractivity contribution in [1.82, 2.24) is 14.5 Å². The highest BCUT2D eigenvalue weighted by Crippen LogP contribution is 2.32. The first kappa shape index (κ1) is 22.2. The molecule has 172 valence electrons. The molecular formula is C22H19F3N4O4. The molecule has 0 saturated heterocycles. The maximum atomic E-state index is 13.2. The van der Waals surface area contributed by atoms with Crippen LogP contribution in [0.15, 0.2) is 41.0 Å². The van der Waals surface area contributed by atoms with Crippen molar-refractivity contribution < 1.29 is 31.9 Å². The standard InChI is InChI=1S/C22H19F3N4O4/c1-11-17(20(31)32-3)12(2)26-18(11)19(30)28-21-27-15-9-13(22(23,24)25)6-7-16(15)29(21)10-14-5-4-8-33-14/h4-9,26H,10H2,1-3H3,(H,27,28,30). The highest BCUT2D eigenvalue weighted by Gasteiger charge is 2.31. The van der Waals surface area contributed by atoms with Crippen molar-refractivity contribution in [3.8, 4) is 0 Å². The van der Waals surface area contributed by atoms with Gasteiger partial charge in [0.05, 0.1) is 42.1 Å². The lowest BCUT2D eigenvalue weighted by Gasteiger charge is -2.09. The minimum Gasteiger partial charge on any atom is -0.467 e. The summed E-state index contributed by atoms with van der Waals surface area (Å²) in [5, 5.41) is 2.63. The number of rotatable bonds is 5. The van der Waals surface area contributed by atoms with Gasteiger partial charge in [-0.2, -0.15) is 13.2 Å². The van der Waals surface area contributed by atoms with Gasteiger partial charge in [-0.1, -0.05) is 0 Å². The molecule has 0 saturated carbocycles. The van der Waals surface area contributed by atoms with Crippen LogP contribution in [0.25, 0.3) is 11.0 Å². The number of aryl methyl sites for hydroxylation is 1. The van der Waals surface area contributed by atoms with E-state index in [0.29, 0.717) is 22.5 Å². The molecule has 2 N–H and O–H groups in total. The fraction of sp³-hybridized carbons (Fsp3) is 0.227. The number of ether oxygens (including phenoxy) is 1. The van der Waals surface area contributed by atoms with E-state index in [9.17, 15) is 22.8 Å². The van der Waals surface area contributed by atoms with E-state index in [1.54, 1.807) is 30.5 Å². The topological polar surface area (TPSA) is 102 Å². The molecule has 1 amide bonds. The van der Waals surface area contributed by atoms with Crippen LogP contribution in [0.3, 0.4) is 0 Å². The van der Waals surface area contributed by atoms with Crippen LogP contribution in [0.4, 0.5) is 19.1 Å². The number of aromatic nitrogens is 3. The first-order valence-corrected chi connectivity index (χ1v) is 9.78. The Labute approximate surface area is 185 Å². The van der Waals surface area contributed by atoms with Crippen LogP contribution in [0.1, 0.15) is 43.4 Å². The number of hydrogen-bond donors (Lipinski definition) is 2. The Morgan fingerprint density at radius 1 is 1.24 bits per heavy atom. The number of anilines is 1. The van der Waals surface area contributed by atoms with Crippen molar-refractivity contribution in [2.45, 2.75) is 26.6 Å². The van der Waals surface area contributed by atoms with Crippen molar-refractivity contribution in [2.24, 2.45) is 0 Å². The second-order valence-corrected chi connectivity index (χ2v) is 7.37. The van der Waals surface area contributed by atoms with E-state index in [2.05, 4.69) is 15.3 Å². The van der Waals surface area contributed by atoms with Gasteiger partial charge in [-0.25, -0.2) is 9.78 Å². The zero-order chi connectivity index (χ0) is 23.9. The van der Waals surface area contributed by atoms with Crippen LogP contribution in [-0.4, -0.2) is 33.5 Å². The van der Waals surface area contributed by atoms with E-state index >= 15 is 0 Å². The summed E-state index contributed by atoms with van der Waals surface area (Å²) in [6, 6.07) is 6.54. The number of alkyl halides is 3. The first-order chi connectivity index (χ1) is 15.6. The molecule has 0 spiro atoms. The summed E-state index contributed by atoms with van der Waals surface area (Å²) in [4.78, 5) is 32.1. The van der Waals surface area contributed by atoms with E-state index < -0.39 is 23.6 Å². The molecule has 0 aliphatic rings. The molecule has 0 atom stereocenters. The minimum absolute atomic E-state index is 0.0250. The second-order valence-electron chi connectivity index (χ2n) is 7.37. The quantitative estimate of drug-likeness (QED) is 0.421. The van der Waals surface area contributed by atoms with Crippen molar-refractivity contribution in [3.05, 3.63) is 70.4 Å². The highest BCUT2D eigenvalue weighted by atomic mass is 19.4. The molecule has 11 heteroatoms. The van der Waals surface area contributed by atoms with Crippen LogP contribution < -0.4 is 5.32 Å². The Balaban J connectivity index is 1.76. The smallest absolute Gasteiger partial charge is 0.416 e. The largest absolute Gasteiger partial charge is 0.467 e. The summed E-state index contributed by atoms with van der Waals surface area (Å²) in [5.41, 5.74) is 0.759. The molecule has 0 fully saturated rings. The molecule has 0 bridgehead atoms. The molecule has 0 aliphatic carbocycles. The molecule has 3 aromatic heterocycles. The van der Waals surface area contributed by atoms with Crippen molar-refractivity contribution in [1.29, 1.82) is 0 Å². The van der Waals surface area contributed by atoms with Crippen LogP contribution >= 0.6 is 0 Å². The molecule has 0 radical (unpaired) electrons. The normalized spacial score (nSPS) is 11.7. The minimum atomic E-state index is -4.54. The van der Waals surface area contributed by atoms with E-state index in [4.69, 9.17) is 9.15 Å². The molecule has 1 aromatic carbocycles. The number of furan rings is 1. The number of methoxy groups -OCH3 is 1. The van der Waals surface area contributed by atoms with Crippen LogP contribution in [-0.2, 0) is 17.5 Å². The number of esters is 1. The van der Waals surface area contributed by atoms with Gasteiger partial charge in [0.1, 0.15) is 11.5 Å². The molecular weight excluding hydrogens is 441 g/mol. The highest BCUT2D eigenvalue weighted by molar-refractivity contribution is 6.06. The number of amides is 1. The van der Waals surface area contributed by atoms with Crippen LogP contribution in [0.2, 0.25) is 0 Å². The van der Waals surface area contributed by atoms with Crippen molar-refractivity contribution in [3.63, 3.8) is 0 Å². The average molecular weight is 460 g/mol. The third kappa shape index (κ3) is 4.09. The molecule has 0 aliphatic heterocycles. The number of halogens is 3. The summed E-state index contributed by atoms with van der Waals surface area (Å²) in [7, 11) is 1.24. The van der Waals surface area contributed by atoms with Gasteiger partial charge in [0.25, 0.3) is 5.91 Å². The van der Waals surface area contributed by atoms with Gasteiger partial charge in [-0.15, -0.1) is 0 Å². The molecule has 3 heterocycles. The Hall–Kier alpha value is -4.02. The molecule has 4 aromatic rings. The van der Waals surface area contributed by atoms with E-state index in [-0.39, 0.29) is 29.3 Å². The number of carbonyl (C=O) groups is 2. The number of hydrogen-bond acceptors (Lipinski definition) is 5. The predicted molar refractivity (Wildman–Crippen MR) is 112 cm³/mol. The van der Waals surface area contributed by atoms with Gasteiger partial charge in [0.2, 0.25) is 5.95 Å². The average Bonchev–Trinajstić information content (AvgIpc) is 3.46. The summed E-state index contributed by atoms with van der Waals surface area (Å²) >= 11 is 0. The number of nitrogens with one attached hydrogen (secondary N) is 2. The Morgan fingerprint density at radius 2 is 2.00 bits per heavy atom. The fourth-order valence-corrected chi connectivity index (χ4v) is 3.67. The van der Waals surface area contributed by atoms with Crippen LogP contribution in [0.5, 0.6) is 0 Å². The maximum absolute atomic E-state index is 13.2. The predicted octanol–water partition coefficient (Wildman–Crippen LogP) is 4.68. The number of fused-ring (bicyclic) bond motifs is 1. The molecule has 0 unspecified atom stereocenters. The van der Waals surface area contributed by atoms with Gasteiger partial charge in [-0.05, 0) is 49.7 Å². The fourth-order valence-electron chi connectivity index (χ4n) is 3.67. The summed E-state index contributed by atoms with van der Waals surface area (Å²) in [6.07, 6.45) is -3.07. The van der Waals surface area contributed by atoms with E-state index in [1.807, 2.05) is 0 Å². The van der Waals surface area contributed by atoms with Gasteiger partial charge >= 0.3 is 12.1 Å². The Morgan fingerprint density at radius 3 is 2.64 bits per heavy atom. The molecule has 4 rings (SSSR count). The van der Waals surface area contributed by atoms with Gasteiger partial charge in [0.15, 0.2) is 0 Å². The van der Waals surface area contributed by atoms with E-state index in [0.717, 1.165) is 12.1 Å². The summed E-state index contributed by atoms with van der Waals surface area (Å²) < 4.78 is 51.2. The number of H-pyrrole nitrogens is 1. The summed E-state index contributed by atoms with van der Waals surface area (Å²) in [6.45, 7) is 3.34. The monoisotopic (exact) mass is 460 g/mol.